The summed E-state index contributed by atoms with van der Waals surface area (Å²) in [7, 11) is 0. The van der Waals surface area contributed by atoms with E-state index in [9.17, 15) is 9.59 Å². The molecule has 0 atom stereocenters. The van der Waals surface area contributed by atoms with Crippen LogP contribution in [0.3, 0.4) is 0 Å². The van der Waals surface area contributed by atoms with Crippen LogP contribution in [0.25, 0.3) is 0 Å². The summed E-state index contributed by atoms with van der Waals surface area (Å²) in [5.74, 6) is 0.378. The smallest absolute Gasteiger partial charge is 0.317 e. The summed E-state index contributed by atoms with van der Waals surface area (Å²) in [5.41, 5.74) is 0.787. The molecule has 1 N–H and O–H groups in total. The quantitative estimate of drug-likeness (QED) is 0.850. The molecule has 0 unspecified atom stereocenters. The van der Waals surface area contributed by atoms with Gasteiger partial charge in [0.1, 0.15) is 0 Å². The maximum atomic E-state index is 12.0. The molecular weight excluding hydrogens is 274 g/mol. The molecule has 0 saturated carbocycles. The third kappa shape index (κ3) is 4.21. The Bertz CT molecular complexity index is 492. The van der Waals surface area contributed by atoms with E-state index in [0.717, 1.165) is 5.69 Å². The van der Waals surface area contributed by atoms with Gasteiger partial charge >= 0.3 is 12.0 Å². The number of aryl methyl sites for hydroxylation is 1. The van der Waals surface area contributed by atoms with Crippen molar-refractivity contribution in [3.05, 3.63) is 17.5 Å². The molecule has 1 aromatic rings. The van der Waals surface area contributed by atoms with E-state index in [1.807, 2.05) is 6.92 Å². The molecule has 2 rings (SSSR count). The van der Waals surface area contributed by atoms with Crippen LogP contribution in [0, 0.1) is 12.8 Å². The highest BCUT2D eigenvalue weighted by molar-refractivity contribution is 5.76. The molecule has 2 heterocycles. The van der Waals surface area contributed by atoms with Crippen molar-refractivity contribution in [2.24, 2.45) is 5.92 Å². The first-order valence-corrected chi connectivity index (χ1v) is 7.21. The number of hydrogen-bond donors (Lipinski definition) is 1. The largest absolute Gasteiger partial charge is 0.466 e. The second-order valence-electron chi connectivity index (χ2n) is 5.11. The van der Waals surface area contributed by atoms with E-state index < -0.39 is 0 Å². The summed E-state index contributed by atoms with van der Waals surface area (Å²) in [6, 6.07) is 1.64. The third-order valence-electron chi connectivity index (χ3n) is 3.49. The molecular formula is C14H21N3O4. The van der Waals surface area contributed by atoms with Gasteiger partial charge in [-0.1, -0.05) is 5.16 Å². The average molecular weight is 295 g/mol. The standard InChI is InChI=1S/C14H21N3O4/c1-3-20-13(18)11-4-6-17(7-5-11)14(19)15-9-12-8-10(2)16-21-12/h8,11H,3-7,9H2,1-2H3,(H,15,19). The zero-order chi connectivity index (χ0) is 15.2. The monoisotopic (exact) mass is 295 g/mol. The van der Waals surface area contributed by atoms with E-state index >= 15 is 0 Å². The zero-order valence-electron chi connectivity index (χ0n) is 12.4. The first-order chi connectivity index (χ1) is 10.1. The number of ether oxygens (including phenoxy) is 1. The van der Waals surface area contributed by atoms with Crippen molar-refractivity contribution in [2.45, 2.75) is 33.2 Å². The van der Waals surface area contributed by atoms with Gasteiger partial charge in [-0.2, -0.15) is 0 Å². The van der Waals surface area contributed by atoms with Gasteiger partial charge in [0.2, 0.25) is 0 Å². The number of nitrogens with zero attached hydrogens (tertiary/aromatic N) is 2. The highest BCUT2D eigenvalue weighted by Crippen LogP contribution is 2.18. The number of nitrogens with one attached hydrogen (secondary N) is 1. The predicted octanol–water partition coefficient (Wildman–Crippen LogP) is 1.47. The second-order valence-corrected chi connectivity index (χ2v) is 5.11. The first kappa shape index (κ1) is 15.3. The van der Waals surface area contributed by atoms with E-state index in [1.165, 1.54) is 0 Å². The maximum absolute atomic E-state index is 12.0. The molecule has 0 aromatic carbocycles. The normalized spacial score (nSPS) is 15.8. The predicted molar refractivity (Wildman–Crippen MR) is 74.4 cm³/mol. The van der Waals surface area contributed by atoms with Crippen molar-refractivity contribution >= 4 is 12.0 Å². The molecule has 21 heavy (non-hydrogen) atoms. The van der Waals surface area contributed by atoms with Crippen LogP contribution in [0.4, 0.5) is 4.79 Å². The van der Waals surface area contributed by atoms with Crippen LogP contribution >= 0.6 is 0 Å². The first-order valence-electron chi connectivity index (χ1n) is 7.21. The average Bonchev–Trinajstić information content (AvgIpc) is 2.91. The van der Waals surface area contributed by atoms with Crippen LogP contribution in [0.5, 0.6) is 0 Å². The lowest BCUT2D eigenvalue weighted by molar-refractivity contribution is -0.149. The molecule has 0 radical (unpaired) electrons. The minimum atomic E-state index is -0.158. The van der Waals surface area contributed by atoms with Crippen molar-refractivity contribution in [2.75, 3.05) is 19.7 Å². The molecule has 2 amide bonds. The fourth-order valence-electron chi connectivity index (χ4n) is 2.35. The van der Waals surface area contributed by atoms with Gasteiger partial charge in [-0.15, -0.1) is 0 Å². The highest BCUT2D eigenvalue weighted by Gasteiger charge is 2.28. The number of rotatable bonds is 4. The van der Waals surface area contributed by atoms with Crippen LogP contribution in [-0.4, -0.2) is 41.8 Å². The Morgan fingerprint density at radius 2 is 2.19 bits per heavy atom. The van der Waals surface area contributed by atoms with E-state index in [0.29, 0.717) is 44.8 Å². The van der Waals surface area contributed by atoms with Gasteiger partial charge in [-0.25, -0.2) is 4.79 Å². The lowest BCUT2D eigenvalue weighted by Crippen LogP contribution is -2.45. The molecule has 0 spiro atoms. The molecule has 7 nitrogen and oxygen atoms in total. The van der Waals surface area contributed by atoms with Crippen LogP contribution in [0.2, 0.25) is 0 Å². The van der Waals surface area contributed by atoms with Gasteiger partial charge in [0, 0.05) is 19.2 Å². The zero-order valence-corrected chi connectivity index (χ0v) is 12.4. The summed E-state index contributed by atoms with van der Waals surface area (Å²) >= 11 is 0. The van der Waals surface area contributed by atoms with Crippen molar-refractivity contribution in [1.29, 1.82) is 0 Å². The lowest BCUT2D eigenvalue weighted by atomic mass is 9.97. The van der Waals surface area contributed by atoms with E-state index in [2.05, 4.69) is 10.5 Å². The van der Waals surface area contributed by atoms with Crippen LogP contribution in [0.15, 0.2) is 10.6 Å². The summed E-state index contributed by atoms with van der Waals surface area (Å²) in [5, 5.41) is 6.55. The van der Waals surface area contributed by atoms with Crippen molar-refractivity contribution in [3.63, 3.8) is 0 Å². The molecule has 1 saturated heterocycles. The molecule has 0 bridgehead atoms. The Labute approximate surface area is 123 Å². The van der Waals surface area contributed by atoms with Crippen LogP contribution in [0.1, 0.15) is 31.2 Å². The van der Waals surface area contributed by atoms with Crippen molar-refractivity contribution in [1.82, 2.24) is 15.4 Å². The Hall–Kier alpha value is -2.05. The second kappa shape index (κ2) is 7.10. The van der Waals surface area contributed by atoms with E-state index in [4.69, 9.17) is 9.26 Å². The number of esters is 1. The lowest BCUT2D eigenvalue weighted by Gasteiger charge is -2.30. The molecule has 1 aromatic heterocycles. The number of hydrogen-bond acceptors (Lipinski definition) is 5. The minimum absolute atomic E-state index is 0.0917. The number of aromatic nitrogens is 1. The number of urea groups is 1. The van der Waals surface area contributed by atoms with E-state index in [1.54, 1.807) is 17.9 Å². The number of carbonyl (C=O) groups is 2. The fraction of sp³-hybridized carbons (Fsp3) is 0.643. The maximum Gasteiger partial charge on any atom is 0.317 e. The Morgan fingerprint density at radius 3 is 2.76 bits per heavy atom. The molecule has 0 aliphatic carbocycles. The van der Waals surface area contributed by atoms with Gasteiger partial charge in [0.05, 0.1) is 24.8 Å². The topological polar surface area (TPSA) is 84.7 Å². The van der Waals surface area contributed by atoms with Gasteiger partial charge < -0.3 is 19.5 Å². The van der Waals surface area contributed by atoms with Gasteiger partial charge in [0.15, 0.2) is 5.76 Å². The Balaban J connectivity index is 1.74. The number of piperidine rings is 1. The number of amides is 2. The minimum Gasteiger partial charge on any atom is -0.466 e. The molecule has 7 heteroatoms. The number of carbonyl (C=O) groups excluding carboxylic acids is 2. The third-order valence-corrected chi connectivity index (χ3v) is 3.49. The summed E-state index contributed by atoms with van der Waals surface area (Å²) < 4.78 is 10.0. The summed E-state index contributed by atoms with van der Waals surface area (Å²) in [6.45, 7) is 5.46. The SMILES string of the molecule is CCOC(=O)C1CCN(C(=O)NCc2cc(C)no2)CC1. The van der Waals surface area contributed by atoms with Crippen molar-refractivity contribution in [3.8, 4) is 0 Å². The molecule has 116 valence electrons. The van der Waals surface area contributed by atoms with Gasteiger partial charge in [-0.05, 0) is 26.7 Å². The Morgan fingerprint density at radius 1 is 1.48 bits per heavy atom. The van der Waals surface area contributed by atoms with Gasteiger partial charge in [0.25, 0.3) is 0 Å². The van der Waals surface area contributed by atoms with Crippen molar-refractivity contribution < 1.29 is 18.8 Å². The Kier molecular flexibility index (Phi) is 5.19. The molecule has 1 aliphatic heterocycles. The highest BCUT2D eigenvalue weighted by atomic mass is 16.5. The fourth-order valence-corrected chi connectivity index (χ4v) is 2.35. The van der Waals surface area contributed by atoms with Crippen LogP contribution < -0.4 is 5.32 Å². The van der Waals surface area contributed by atoms with Gasteiger partial charge in [-0.3, -0.25) is 4.79 Å². The molecule has 1 fully saturated rings. The number of likely N-dealkylation sites (tertiary alicyclic amines) is 1. The summed E-state index contributed by atoms with van der Waals surface area (Å²) in [6.07, 6.45) is 1.29. The van der Waals surface area contributed by atoms with E-state index in [-0.39, 0.29) is 17.9 Å². The summed E-state index contributed by atoms with van der Waals surface area (Å²) in [4.78, 5) is 25.4. The van der Waals surface area contributed by atoms with Crippen LogP contribution in [-0.2, 0) is 16.1 Å². The molecule has 1 aliphatic rings.